The number of carbonyl (C=O) groups excluding carboxylic acids is 4. The van der Waals surface area contributed by atoms with E-state index in [0.29, 0.717) is 6.42 Å². The minimum Gasteiger partial charge on any atom is -0.350 e. The first-order chi connectivity index (χ1) is 16.8. The molecule has 3 amide bonds. The summed E-state index contributed by atoms with van der Waals surface area (Å²) in [5.41, 5.74) is -1.07. The smallest absolute Gasteiger partial charge is 0.350 e. The number of hydrogen-bond donors (Lipinski definition) is 3. The van der Waals surface area contributed by atoms with Gasteiger partial charge in [-0.15, -0.1) is 0 Å². The number of carbonyl (C=O) groups is 4. The van der Waals surface area contributed by atoms with E-state index in [2.05, 4.69) is 16.0 Å². The molecule has 12 heteroatoms. The summed E-state index contributed by atoms with van der Waals surface area (Å²) in [5, 5.41) is 17.9. The number of nitriles is 1. The Bertz CT molecular complexity index is 946. The number of nitrogens with zero attached hydrogens (tertiary/aromatic N) is 1. The molecule has 0 aromatic heterocycles. The van der Waals surface area contributed by atoms with Crippen LogP contribution in [0, 0.1) is 28.6 Å². The highest BCUT2D eigenvalue weighted by Crippen LogP contribution is 2.44. The highest BCUT2D eigenvalue weighted by molar-refractivity contribution is 6.76. The number of hydrogen-bond acceptors (Lipinski definition) is 5. The molecule has 1 spiro atoms. The van der Waals surface area contributed by atoms with Crippen LogP contribution in [0.1, 0.15) is 59.3 Å². The summed E-state index contributed by atoms with van der Waals surface area (Å²) >= 11 is 0. The van der Waals surface area contributed by atoms with Gasteiger partial charge in [0.25, 0.3) is 0 Å². The minimum absolute atomic E-state index is 0.0945. The van der Waals surface area contributed by atoms with E-state index in [-0.39, 0.29) is 23.9 Å². The summed E-state index contributed by atoms with van der Waals surface area (Å²) in [6.45, 7) is 10.6. The van der Waals surface area contributed by atoms with Crippen LogP contribution < -0.4 is 16.0 Å². The maximum atomic E-state index is 13.2. The van der Waals surface area contributed by atoms with Crippen molar-refractivity contribution in [3.63, 3.8) is 0 Å². The third-order valence-corrected chi connectivity index (χ3v) is 8.73. The summed E-state index contributed by atoms with van der Waals surface area (Å²) < 4.78 is 38.8. The molecule has 2 aliphatic rings. The third-order valence-electron chi connectivity index (χ3n) is 7.09. The largest absolute Gasteiger partial charge is 0.449 e. The lowest BCUT2D eigenvalue weighted by Gasteiger charge is -2.33. The van der Waals surface area contributed by atoms with Crippen molar-refractivity contribution in [2.75, 3.05) is 0 Å². The highest BCUT2D eigenvalue weighted by Gasteiger charge is 2.48. The van der Waals surface area contributed by atoms with E-state index in [4.69, 9.17) is 0 Å². The molecule has 2 fully saturated rings. The van der Waals surface area contributed by atoms with E-state index in [0.717, 1.165) is 19.3 Å². The molecule has 208 valence electrons. The van der Waals surface area contributed by atoms with E-state index in [1.54, 1.807) is 20.8 Å². The first-order valence-corrected chi connectivity index (χ1v) is 16.4. The minimum atomic E-state index is -5.07. The maximum Gasteiger partial charge on any atom is 0.449 e. The van der Waals surface area contributed by atoms with Crippen molar-refractivity contribution in [3.8, 4) is 6.07 Å². The summed E-state index contributed by atoms with van der Waals surface area (Å²) in [6.07, 6.45) is -2.62. The van der Waals surface area contributed by atoms with Crippen LogP contribution in [0.5, 0.6) is 0 Å². The molecule has 0 aromatic rings. The van der Waals surface area contributed by atoms with Crippen molar-refractivity contribution < 1.29 is 32.3 Å². The first kappa shape index (κ1) is 30.8. The summed E-state index contributed by atoms with van der Waals surface area (Å²) in [7, 11) is -1.99. The van der Waals surface area contributed by atoms with Gasteiger partial charge in [-0.05, 0) is 43.6 Å². The molecule has 1 aliphatic heterocycles. The van der Waals surface area contributed by atoms with Crippen LogP contribution in [-0.2, 0) is 19.2 Å². The van der Waals surface area contributed by atoms with Gasteiger partial charge < -0.3 is 16.0 Å². The Hall–Kier alpha value is -2.42. The topological polar surface area (TPSA) is 128 Å². The Kier molecular flexibility index (Phi) is 9.27. The maximum absolute atomic E-state index is 13.2. The van der Waals surface area contributed by atoms with Crippen molar-refractivity contribution in [1.29, 1.82) is 5.26 Å². The number of nitrogens with one attached hydrogen (secondary N) is 3. The number of alkyl halides is 3. The Labute approximate surface area is 217 Å². The normalized spacial score (nSPS) is 21.7. The van der Waals surface area contributed by atoms with Gasteiger partial charge in [0, 0.05) is 26.0 Å². The van der Waals surface area contributed by atoms with Crippen molar-refractivity contribution in [2.24, 2.45) is 17.3 Å². The molecule has 2 rings (SSSR count). The van der Waals surface area contributed by atoms with E-state index in [9.17, 15) is 37.6 Å². The van der Waals surface area contributed by atoms with E-state index >= 15 is 0 Å². The van der Waals surface area contributed by atoms with Crippen molar-refractivity contribution in [1.82, 2.24) is 16.0 Å². The predicted molar refractivity (Wildman–Crippen MR) is 134 cm³/mol. The zero-order valence-electron chi connectivity index (χ0n) is 22.5. The van der Waals surface area contributed by atoms with Crippen LogP contribution in [0.3, 0.4) is 0 Å². The summed E-state index contributed by atoms with van der Waals surface area (Å²) in [5.74, 6) is -5.32. The number of halogens is 3. The fraction of sp³-hybridized carbons (Fsp3) is 0.800. The molecular formula is C25H39F3N4O4Si. The van der Waals surface area contributed by atoms with Crippen LogP contribution in [0.2, 0.25) is 25.7 Å². The van der Waals surface area contributed by atoms with Gasteiger partial charge in [0.2, 0.25) is 23.5 Å². The predicted octanol–water partition coefficient (Wildman–Crippen LogP) is 3.45. The van der Waals surface area contributed by atoms with Gasteiger partial charge in [-0.1, -0.05) is 40.4 Å². The lowest BCUT2D eigenvalue weighted by Crippen LogP contribution is -2.55. The van der Waals surface area contributed by atoms with E-state index < -0.39 is 67.6 Å². The highest BCUT2D eigenvalue weighted by atomic mass is 28.3. The van der Waals surface area contributed by atoms with Gasteiger partial charge in [0.15, 0.2) is 0 Å². The van der Waals surface area contributed by atoms with E-state index in [1.807, 2.05) is 25.7 Å². The van der Waals surface area contributed by atoms with Crippen LogP contribution in [0.25, 0.3) is 0 Å². The van der Waals surface area contributed by atoms with Gasteiger partial charge in [-0.2, -0.15) is 18.4 Å². The first-order valence-electron chi connectivity index (χ1n) is 12.7. The SMILES string of the molecule is CC(C)(C)[C@H](CC(=O)C(F)(F)F)C(=O)N[C@@H](C[Si](C)(C)C)C(=O)N[C@H](C#N)C[C@@H]1CCC2(CC2)NC1=O. The van der Waals surface area contributed by atoms with Crippen molar-refractivity contribution in [2.45, 2.75) is 109 Å². The van der Waals surface area contributed by atoms with Crippen molar-refractivity contribution >= 4 is 31.6 Å². The van der Waals surface area contributed by atoms with Crippen LogP contribution >= 0.6 is 0 Å². The van der Waals surface area contributed by atoms with Crippen molar-refractivity contribution in [3.05, 3.63) is 0 Å². The van der Waals surface area contributed by atoms with E-state index in [1.165, 1.54) is 0 Å². The molecule has 0 bridgehead atoms. The van der Waals surface area contributed by atoms with Crippen LogP contribution in [0.4, 0.5) is 13.2 Å². The Morgan fingerprint density at radius 3 is 2.14 bits per heavy atom. The number of amides is 3. The fourth-order valence-electron chi connectivity index (χ4n) is 4.65. The average molecular weight is 545 g/mol. The molecule has 1 aliphatic carbocycles. The van der Waals surface area contributed by atoms with Crippen LogP contribution in [-0.4, -0.2) is 55.4 Å². The van der Waals surface area contributed by atoms with Gasteiger partial charge in [-0.25, -0.2) is 0 Å². The second kappa shape index (κ2) is 11.1. The summed E-state index contributed by atoms with van der Waals surface area (Å²) in [4.78, 5) is 50.5. The molecule has 3 N–H and O–H groups in total. The molecule has 1 saturated carbocycles. The zero-order chi connectivity index (χ0) is 28.4. The second-order valence-electron chi connectivity index (χ2n) is 12.8. The number of ketones is 1. The molecule has 0 aromatic carbocycles. The number of piperidine rings is 1. The van der Waals surface area contributed by atoms with Crippen LogP contribution in [0.15, 0.2) is 0 Å². The molecule has 37 heavy (non-hydrogen) atoms. The molecule has 0 unspecified atom stereocenters. The van der Waals surface area contributed by atoms with Gasteiger partial charge in [0.05, 0.1) is 12.0 Å². The molecule has 1 heterocycles. The molecule has 0 radical (unpaired) electrons. The average Bonchev–Trinajstić information content (AvgIpc) is 3.48. The molecule has 4 atom stereocenters. The Balaban J connectivity index is 2.13. The van der Waals surface area contributed by atoms with Gasteiger partial charge >= 0.3 is 6.18 Å². The fourth-order valence-corrected chi connectivity index (χ4v) is 6.16. The molecule has 1 saturated heterocycles. The number of Topliss-reactive ketones (excluding diaryl/α,β-unsaturated/α-hetero) is 1. The molecular weight excluding hydrogens is 505 g/mol. The number of rotatable bonds is 10. The second-order valence-corrected chi connectivity index (χ2v) is 18.3. The van der Waals surface area contributed by atoms with Gasteiger partial charge in [-0.3, -0.25) is 19.2 Å². The Morgan fingerprint density at radius 2 is 1.70 bits per heavy atom. The lowest BCUT2D eigenvalue weighted by atomic mass is 9.77. The van der Waals surface area contributed by atoms with Gasteiger partial charge in [0.1, 0.15) is 12.1 Å². The quantitative estimate of drug-likeness (QED) is 0.363. The lowest BCUT2D eigenvalue weighted by molar-refractivity contribution is -0.173. The Morgan fingerprint density at radius 1 is 1.11 bits per heavy atom. The standard InChI is InChI=1S/C25H39F3N4O4Si/c1-23(2,3)17(12-19(33)25(26,27)28)21(35)31-18(14-37(4,5)6)22(36)30-16(13-29)11-15-7-8-24(9-10-24)32-20(15)34/h15-18H,7-12,14H2,1-6H3,(H,30,36)(H,31,35)(H,32,34)/t15-,16-,17+,18-/m0/s1. The summed E-state index contributed by atoms with van der Waals surface area (Å²) in [6, 6.07) is 0.235. The zero-order valence-corrected chi connectivity index (χ0v) is 23.5. The monoisotopic (exact) mass is 544 g/mol. The third kappa shape index (κ3) is 9.12. The molecule has 8 nitrogen and oxygen atoms in total.